The van der Waals surface area contributed by atoms with Gasteiger partial charge < -0.3 is 5.32 Å². The van der Waals surface area contributed by atoms with Crippen molar-refractivity contribution in [3.8, 4) is 0 Å². The maximum absolute atomic E-state index is 12.4. The Kier molecular flexibility index (Phi) is 4.49. The number of hydrogen-bond acceptors (Lipinski definition) is 2. The third kappa shape index (κ3) is 3.22. The van der Waals surface area contributed by atoms with E-state index in [1.807, 2.05) is 45.0 Å². The molecule has 130 valence electrons. The van der Waals surface area contributed by atoms with Crippen LogP contribution in [-0.2, 0) is 18.4 Å². The predicted molar refractivity (Wildman–Crippen MR) is 101 cm³/mol. The van der Waals surface area contributed by atoms with E-state index < -0.39 is 0 Å². The number of benzene rings is 2. The molecule has 25 heavy (non-hydrogen) atoms. The van der Waals surface area contributed by atoms with Gasteiger partial charge in [-0.2, -0.15) is 0 Å². The van der Waals surface area contributed by atoms with Crippen LogP contribution >= 0.6 is 0 Å². The van der Waals surface area contributed by atoms with E-state index >= 15 is 0 Å². The number of nitrogens with zero attached hydrogens (tertiary/aromatic N) is 2. The summed E-state index contributed by atoms with van der Waals surface area (Å²) in [7, 11) is 1.75. The fourth-order valence-corrected chi connectivity index (χ4v) is 3.37. The van der Waals surface area contributed by atoms with Gasteiger partial charge in [0.1, 0.15) is 0 Å². The third-order valence-corrected chi connectivity index (χ3v) is 4.56. The summed E-state index contributed by atoms with van der Waals surface area (Å²) in [6.45, 7) is 6.38. The molecule has 0 saturated heterocycles. The van der Waals surface area contributed by atoms with Crippen LogP contribution in [0.3, 0.4) is 0 Å². The topological polar surface area (TPSA) is 56.0 Å². The fraction of sp³-hybridized carbons (Fsp3) is 0.300. The maximum Gasteiger partial charge on any atom is 0.328 e. The predicted octanol–water partition coefficient (Wildman–Crippen LogP) is 3.29. The number of carbonyl (C=O) groups is 1. The average molecular weight is 337 g/mol. The number of fused-ring (bicyclic) bond motifs is 1. The van der Waals surface area contributed by atoms with E-state index in [0.29, 0.717) is 6.54 Å². The summed E-state index contributed by atoms with van der Waals surface area (Å²) in [6.07, 6.45) is 0.251. The van der Waals surface area contributed by atoms with Gasteiger partial charge in [0.05, 0.1) is 11.0 Å². The Balaban J connectivity index is 1.78. The minimum absolute atomic E-state index is 0.0881. The molecule has 0 radical (unpaired) electrons. The maximum atomic E-state index is 12.4. The van der Waals surface area contributed by atoms with Gasteiger partial charge in [-0.25, -0.2) is 4.79 Å². The van der Waals surface area contributed by atoms with Gasteiger partial charge in [0.15, 0.2) is 0 Å². The number of carbonyl (C=O) groups excluding carboxylic acids is 1. The average Bonchev–Trinajstić information content (AvgIpc) is 2.81. The van der Waals surface area contributed by atoms with Crippen LogP contribution in [0.15, 0.2) is 41.2 Å². The molecule has 5 heteroatoms. The zero-order valence-electron chi connectivity index (χ0n) is 15.1. The number of imidazole rings is 1. The van der Waals surface area contributed by atoms with Crippen LogP contribution < -0.4 is 11.0 Å². The number of para-hydroxylation sites is 2. The molecular weight excluding hydrogens is 314 g/mol. The quantitative estimate of drug-likeness (QED) is 0.794. The molecule has 0 unspecified atom stereocenters. The molecule has 1 amide bonds. The molecule has 3 aromatic rings. The number of rotatable bonds is 4. The fourth-order valence-electron chi connectivity index (χ4n) is 3.37. The molecule has 2 aromatic carbocycles. The van der Waals surface area contributed by atoms with Crippen molar-refractivity contribution in [3.63, 3.8) is 0 Å². The van der Waals surface area contributed by atoms with Gasteiger partial charge in [0, 0.05) is 25.7 Å². The standard InChI is InChI=1S/C20H23N3O2/c1-13-11-14(2)19(15(3)12-13)21-18(24)9-10-23-17-8-6-5-7-16(17)22(4)20(23)25/h5-8,11-12H,9-10H2,1-4H3,(H,21,24). The van der Waals surface area contributed by atoms with Gasteiger partial charge in [0.25, 0.3) is 0 Å². The van der Waals surface area contributed by atoms with Crippen molar-refractivity contribution in [1.29, 1.82) is 0 Å². The summed E-state index contributed by atoms with van der Waals surface area (Å²) in [5.41, 5.74) is 5.76. The van der Waals surface area contributed by atoms with E-state index in [0.717, 1.165) is 27.8 Å². The molecule has 1 heterocycles. The largest absolute Gasteiger partial charge is 0.328 e. The van der Waals surface area contributed by atoms with Crippen molar-refractivity contribution in [3.05, 3.63) is 63.6 Å². The molecule has 0 fully saturated rings. The number of aryl methyl sites for hydroxylation is 5. The first-order valence-electron chi connectivity index (χ1n) is 8.40. The van der Waals surface area contributed by atoms with Crippen LogP contribution in [-0.4, -0.2) is 15.0 Å². The molecule has 0 aliphatic heterocycles. The lowest BCUT2D eigenvalue weighted by atomic mass is 10.1. The molecule has 1 N–H and O–H groups in total. The molecule has 0 saturated carbocycles. The van der Waals surface area contributed by atoms with Gasteiger partial charge in [-0.05, 0) is 44.0 Å². The van der Waals surface area contributed by atoms with E-state index in [9.17, 15) is 9.59 Å². The Labute approximate surface area is 146 Å². The van der Waals surface area contributed by atoms with Gasteiger partial charge in [0.2, 0.25) is 5.91 Å². The highest BCUT2D eigenvalue weighted by atomic mass is 16.2. The van der Waals surface area contributed by atoms with E-state index in [2.05, 4.69) is 17.4 Å². The summed E-state index contributed by atoms with van der Waals surface area (Å²) in [6, 6.07) is 11.7. The van der Waals surface area contributed by atoms with Crippen molar-refractivity contribution < 1.29 is 4.79 Å². The molecule has 3 rings (SSSR count). The van der Waals surface area contributed by atoms with Gasteiger partial charge >= 0.3 is 5.69 Å². The van der Waals surface area contributed by atoms with Gasteiger partial charge in [-0.1, -0.05) is 29.8 Å². The highest BCUT2D eigenvalue weighted by molar-refractivity contribution is 5.92. The van der Waals surface area contributed by atoms with Crippen LogP contribution in [0, 0.1) is 20.8 Å². The Morgan fingerprint density at radius 3 is 2.28 bits per heavy atom. The molecule has 0 aliphatic carbocycles. The number of anilines is 1. The second-order valence-electron chi connectivity index (χ2n) is 6.55. The Morgan fingerprint density at radius 2 is 1.64 bits per heavy atom. The molecule has 0 aliphatic rings. The summed E-state index contributed by atoms with van der Waals surface area (Å²) < 4.78 is 3.27. The van der Waals surface area contributed by atoms with Crippen LogP contribution in [0.4, 0.5) is 5.69 Å². The lowest BCUT2D eigenvalue weighted by molar-refractivity contribution is -0.116. The zero-order chi connectivity index (χ0) is 18.1. The van der Waals surface area contributed by atoms with Crippen molar-refractivity contribution >= 4 is 22.6 Å². The van der Waals surface area contributed by atoms with Crippen LogP contribution in [0.1, 0.15) is 23.1 Å². The van der Waals surface area contributed by atoms with E-state index in [4.69, 9.17) is 0 Å². The van der Waals surface area contributed by atoms with E-state index in [1.165, 1.54) is 5.56 Å². The molecule has 0 atom stereocenters. The second kappa shape index (κ2) is 6.59. The summed E-state index contributed by atoms with van der Waals surface area (Å²) in [5.74, 6) is -0.0881. The number of nitrogens with one attached hydrogen (secondary N) is 1. The van der Waals surface area contributed by atoms with Crippen molar-refractivity contribution in [2.24, 2.45) is 7.05 Å². The summed E-state index contributed by atoms with van der Waals surface area (Å²) in [5, 5.41) is 2.99. The van der Waals surface area contributed by atoms with E-state index in [-0.39, 0.29) is 18.0 Å². The lowest BCUT2D eigenvalue weighted by Crippen LogP contribution is -2.24. The van der Waals surface area contributed by atoms with Crippen LogP contribution in [0.5, 0.6) is 0 Å². The highest BCUT2D eigenvalue weighted by Gasteiger charge is 2.13. The summed E-state index contributed by atoms with van der Waals surface area (Å²) in [4.78, 5) is 24.8. The van der Waals surface area contributed by atoms with Gasteiger partial charge in [-0.3, -0.25) is 13.9 Å². The molecular formula is C20H23N3O2. The number of aromatic nitrogens is 2. The van der Waals surface area contributed by atoms with Crippen LogP contribution in [0.25, 0.3) is 11.0 Å². The number of amides is 1. The molecule has 0 bridgehead atoms. The van der Waals surface area contributed by atoms with Crippen LogP contribution in [0.2, 0.25) is 0 Å². The smallest absolute Gasteiger partial charge is 0.326 e. The Bertz CT molecular complexity index is 988. The van der Waals surface area contributed by atoms with E-state index in [1.54, 1.807) is 16.2 Å². The normalized spacial score (nSPS) is 11.0. The first-order valence-corrected chi connectivity index (χ1v) is 8.40. The first kappa shape index (κ1) is 17.0. The molecule has 5 nitrogen and oxygen atoms in total. The summed E-state index contributed by atoms with van der Waals surface area (Å²) >= 11 is 0. The minimum atomic E-state index is -0.100. The monoisotopic (exact) mass is 337 g/mol. The second-order valence-corrected chi connectivity index (χ2v) is 6.55. The molecule has 1 aromatic heterocycles. The van der Waals surface area contributed by atoms with Gasteiger partial charge in [-0.15, -0.1) is 0 Å². The zero-order valence-corrected chi connectivity index (χ0v) is 15.1. The highest BCUT2D eigenvalue weighted by Crippen LogP contribution is 2.22. The number of hydrogen-bond donors (Lipinski definition) is 1. The Morgan fingerprint density at radius 1 is 1.04 bits per heavy atom. The van der Waals surface area contributed by atoms with Crippen molar-refractivity contribution in [2.45, 2.75) is 33.7 Å². The minimum Gasteiger partial charge on any atom is -0.326 e. The molecule has 0 spiro atoms. The lowest BCUT2D eigenvalue weighted by Gasteiger charge is -2.13. The Hall–Kier alpha value is -2.82. The van der Waals surface area contributed by atoms with Crippen molar-refractivity contribution in [1.82, 2.24) is 9.13 Å². The SMILES string of the molecule is Cc1cc(C)c(NC(=O)CCn2c(=O)n(C)c3ccccc32)c(C)c1. The third-order valence-electron chi connectivity index (χ3n) is 4.56. The first-order chi connectivity index (χ1) is 11.9. The van der Waals surface area contributed by atoms with Crippen molar-refractivity contribution in [2.75, 3.05) is 5.32 Å².